The van der Waals surface area contributed by atoms with Crippen LogP contribution in [-0.2, 0) is 0 Å². The summed E-state index contributed by atoms with van der Waals surface area (Å²) in [5.41, 5.74) is 2.42. The first-order valence-electron chi connectivity index (χ1n) is 11.6. The molecule has 0 saturated heterocycles. The van der Waals surface area contributed by atoms with E-state index in [0.717, 1.165) is 11.9 Å². The number of hydrogen-bond acceptors (Lipinski definition) is 9. The van der Waals surface area contributed by atoms with Crippen LogP contribution in [0.25, 0.3) is 11.0 Å². The molecule has 11 heteroatoms. The summed E-state index contributed by atoms with van der Waals surface area (Å²) >= 11 is 0. The number of aromatic nitrogens is 3. The molecule has 4 N–H and O–H groups in total. The quantitative estimate of drug-likeness (QED) is 0.241. The highest BCUT2D eigenvalue weighted by Gasteiger charge is 2.17. The summed E-state index contributed by atoms with van der Waals surface area (Å²) in [6.45, 7) is 1.28. The Morgan fingerprint density at radius 1 is 0.973 bits per heavy atom. The number of aromatic amines is 1. The Bertz CT molecular complexity index is 1360. The normalized spacial score (nSPS) is 10.9. The minimum Gasteiger partial charge on any atom is -0.493 e. The number of carbonyl (C=O) groups excluding carboxylic acids is 1. The van der Waals surface area contributed by atoms with E-state index in [0.29, 0.717) is 58.1 Å². The van der Waals surface area contributed by atoms with E-state index in [2.05, 4.69) is 25.9 Å². The van der Waals surface area contributed by atoms with Gasteiger partial charge in [-0.15, -0.1) is 0 Å². The van der Waals surface area contributed by atoms with Crippen LogP contribution in [0.4, 0.5) is 23.1 Å². The Morgan fingerprint density at radius 3 is 2.38 bits per heavy atom. The molecule has 0 radical (unpaired) electrons. The van der Waals surface area contributed by atoms with Crippen LogP contribution < -0.4 is 30.2 Å². The molecule has 2 heterocycles. The fourth-order valence-corrected chi connectivity index (χ4v) is 3.78. The molecular formula is C26H31N7O4. The van der Waals surface area contributed by atoms with Crippen LogP contribution in [0.5, 0.6) is 17.2 Å². The number of likely N-dealkylation sites (N-methyl/N-ethyl adjacent to an activating group) is 1. The first-order chi connectivity index (χ1) is 17.9. The first kappa shape index (κ1) is 25.6. The Kier molecular flexibility index (Phi) is 7.94. The Morgan fingerprint density at radius 2 is 1.70 bits per heavy atom. The lowest BCUT2D eigenvalue weighted by Gasteiger charge is -2.16. The molecule has 0 atom stereocenters. The molecule has 0 saturated carbocycles. The Labute approximate surface area is 215 Å². The predicted octanol–water partition coefficient (Wildman–Crippen LogP) is 3.76. The SMILES string of the molecule is COc1cc(Nc2nc(Nc3ccccc3C(=O)NCCN(C)C)c3cc[nH]c3n2)cc(OC)c1OC. The van der Waals surface area contributed by atoms with Crippen LogP contribution in [0.3, 0.4) is 0 Å². The number of methoxy groups -OCH3 is 3. The van der Waals surface area contributed by atoms with Gasteiger partial charge < -0.3 is 40.0 Å². The highest BCUT2D eigenvalue weighted by atomic mass is 16.5. The van der Waals surface area contributed by atoms with Crippen molar-refractivity contribution in [2.75, 3.05) is 59.1 Å². The number of fused-ring (bicyclic) bond motifs is 1. The molecule has 0 spiro atoms. The molecule has 0 bridgehead atoms. The number of nitrogens with one attached hydrogen (secondary N) is 4. The van der Waals surface area contributed by atoms with Crippen molar-refractivity contribution < 1.29 is 19.0 Å². The molecule has 0 aliphatic carbocycles. The van der Waals surface area contributed by atoms with E-state index in [1.807, 2.05) is 43.3 Å². The third kappa shape index (κ3) is 5.84. The van der Waals surface area contributed by atoms with Crippen LogP contribution in [0, 0.1) is 0 Å². The lowest BCUT2D eigenvalue weighted by molar-refractivity contribution is 0.0952. The second-order valence-electron chi connectivity index (χ2n) is 8.40. The van der Waals surface area contributed by atoms with Crippen molar-refractivity contribution in [2.24, 2.45) is 0 Å². The van der Waals surface area contributed by atoms with Crippen LogP contribution in [-0.4, -0.2) is 74.3 Å². The van der Waals surface area contributed by atoms with Crippen molar-refractivity contribution in [3.8, 4) is 17.2 Å². The third-order valence-electron chi connectivity index (χ3n) is 5.61. The van der Waals surface area contributed by atoms with Crippen LogP contribution in [0.15, 0.2) is 48.7 Å². The summed E-state index contributed by atoms with van der Waals surface area (Å²) < 4.78 is 16.3. The highest BCUT2D eigenvalue weighted by molar-refractivity contribution is 6.01. The third-order valence-corrected chi connectivity index (χ3v) is 5.61. The number of nitrogens with zero attached hydrogens (tertiary/aromatic N) is 3. The van der Waals surface area contributed by atoms with Gasteiger partial charge in [0, 0.05) is 37.1 Å². The molecule has 37 heavy (non-hydrogen) atoms. The number of ether oxygens (including phenoxy) is 3. The fourth-order valence-electron chi connectivity index (χ4n) is 3.78. The fraction of sp³-hybridized carbons (Fsp3) is 0.269. The molecule has 2 aromatic heterocycles. The molecular weight excluding hydrogens is 474 g/mol. The summed E-state index contributed by atoms with van der Waals surface area (Å²) in [5, 5.41) is 10.3. The van der Waals surface area contributed by atoms with Crippen molar-refractivity contribution in [1.29, 1.82) is 0 Å². The van der Waals surface area contributed by atoms with E-state index in [9.17, 15) is 4.79 Å². The summed E-state index contributed by atoms with van der Waals surface area (Å²) in [5.74, 6) is 2.18. The molecule has 4 aromatic rings. The summed E-state index contributed by atoms with van der Waals surface area (Å²) in [6, 6.07) is 12.7. The Balaban J connectivity index is 1.65. The second kappa shape index (κ2) is 11.5. The second-order valence-corrected chi connectivity index (χ2v) is 8.40. The van der Waals surface area contributed by atoms with E-state index in [1.165, 1.54) is 0 Å². The van der Waals surface area contributed by atoms with Gasteiger partial charge in [-0.1, -0.05) is 12.1 Å². The van der Waals surface area contributed by atoms with Gasteiger partial charge in [0.05, 0.1) is 38.0 Å². The van der Waals surface area contributed by atoms with E-state index in [-0.39, 0.29) is 5.91 Å². The minimum absolute atomic E-state index is 0.167. The number of rotatable bonds is 11. The number of anilines is 4. The molecule has 2 aromatic carbocycles. The van der Waals surface area contributed by atoms with Crippen molar-refractivity contribution in [3.05, 3.63) is 54.2 Å². The van der Waals surface area contributed by atoms with Crippen molar-refractivity contribution >= 4 is 40.1 Å². The molecule has 0 fully saturated rings. The monoisotopic (exact) mass is 505 g/mol. The molecule has 0 aliphatic heterocycles. The molecule has 1 amide bonds. The molecule has 194 valence electrons. The van der Waals surface area contributed by atoms with Gasteiger partial charge >= 0.3 is 0 Å². The average Bonchev–Trinajstić information content (AvgIpc) is 3.37. The number of para-hydroxylation sites is 1. The van der Waals surface area contributed by atoms with E-state index in [4.69, 9.17) is 19.2 Å². The average molecular weight is 506 g/mol. The Hall–Kier alpha value is -4.51. The standard InChI is InChI=1S/C26H31N7O4/c1-33(2)13-12-28-25(34)17-8-6-7-9-19(17)30-24-18-10-11-27-23(18)31-26(32-24)29-16-14-20(35-3)22(37-5)21(15-16)36-4/h6-11,14-15H,12-13H2,1-5H3,(H,28,34)(H3,27,29,30,31,32). The molecule has 4 rings (SSSR count). The zero-order chi connectivity index (χ0) is 26.4. The van der Waals surface area contributed by atoms with E-state index < -0.39 is 0 Å². The zero-order valence-corrected chi connectivity index (χ0v) is 21.5. The van der Waals surface area contributed by atoms with Crippen molar-refractivity contribution in [2.45, 2.75) is 0 Å². The molecule has 0 aliphatic rings. The smallest absolute Gasteiger partial charge is 0.253 e. The maximum absolute atomic E-state index is 12.9. The number of H-pyrrole nitrogens is 1. The van der Waals surface area contributed by atoms with Gasteiger partial charge in [-0.05, 0) is 32.3 Å². The first-order valence-corrected chi connectivity index (χ1v) is 11.6. The van der Waals surface area contributed by atoms with Crippen molar-refractivity contribution in [1.82, 2.24) is 25.2 Å². The molecule has 11 nitrogen and oxygen atoms in total. The summed E-state index contributed by atoms with van der Waals surface area (Å²) in [4.78, 5) is 27.3. The zero-order valence-electron chi connectivity index (χ0n) is 21.5. The topological polar surface area (TPSA) is 126 Å². The number of amides is 1. The van der Waals surface area contributed by atoms with Crippen LogP contribution in [0.2, 0.25) is 0 Å². The van der Waals surface area contributed by atoms with Crippen LogP contribution in [0.1, 0.15) is 10.4 Å². The minimum atomic E-state index is -0.167. The van der Waals surface area contributed by atoms with Crippen LogP contribution >= 0.6 is 0 Å². The largest absolute Gasteiger partial charge is 0.493 e. The lowest BCUT2D eigenvalue weighted by atomic mass is 10.1. The van der Waals surface area contributed by atoms with E-state index in [1.54, 1.807) is 45.7 Å². The predicted molar refractivity (Wildman–Crippen MR) is 144 cm³/mol. The summed E-state index contributed by atoms with van der Waals surface area (Å²) in [6.07, 6.45) is 1.79. The maximum atomic E-state index is 12.9. The van der Waals surface area contributed by atoms with Gasteiger partial charge in [0.25, 0.3) is 5.91 Å². The van der Waals surface area contributed by atoms with Crippen molar-refractivity contribution in [3.63, 3.8) is 0 Å². The molecule has 0 unspecified atom stereocenters. The van der Waals surface area contributed by atoms with Gasteiger partial charge in [-0.2, -0.15) is 9.97 Å². The van der Waals surface area contributed by atoms with Gasteiger partial charge in [0.1, 0.15) is 11.5 Å². The van der Waals surface area contributed by atoms with Gasteiger partial charge in [-0.3, -0.25) is 4.79 Å². The van der Waals surface area contributed by atoms with Gasteiger partial charge in [0.15, 0.2) is 11.5 Å². The lowest BCUT2D eigenvalue weighted by Crippen LogP contribution is -2.31. The van der Waals surface area contributed by atoms with Gasteiger partial charge in [0.2, 0.25) is 11.7 Å². The maximum Gasteiger partial charge on any atom is 0.253 e. The summed E-state index contributed by atoms with van der Waals surface area (Å²) in [7, 11) is 8.58. The van der Waals surface area contributed by atoms with E-state index >= 15 is 0 Å². The van der Waals surface area contributed by atoms with Gasteiger partial charge in [-0.25, -0.2) is 0 Å². The number of benzene rings is 2. The number of carbonyl (C=O) groups is 1. The highest BCUT2D eigenvalue weighted by Crippen LogP contribution is 2.40. The number of hydrogen-bond donors (Lipinski definition) is 4.